The Morgan fingerprint density at radius 3 is 2.14 bits per heavy atom. The number of aryl methyl sites for hydroxylation is 1. The summed E-state index contributed by atoms with van der Waals surface area (Å²) in [5.41, 5.74) is 2.26. The molecule has 2 aromatic heterocycles. The molecular formula is C31H28FN3O7S2. The van der Waals surface area contributed by atoms with Gasteiger partial charge in [-0.15, -0.1) is 0 Å². The number of hydrogen-bond donors (Lipinski definition) is 0. The smallest absolute Gasteiger partial charge is 0.335 e. The number of hydrogen-bond acceptors (Lipinski definition) is 9. The lowest BCUT2D eigenvalue weighted by atomic mass is 10.1. The fourth-order valence-corrected chi connectivity index (χ4v) is 5.71. The normalized spacial score (nSPS) is 13.4. The Labute approximate surface area is 257 Å². The highest BCUT2D eigenvalue weighted by molar-refractivity contribution is 7.91. The molecule has 10 nitrogen and oxygen atoms in total. The first kappa shape index (κ1) is 32.3. The van der Waals surface area contributed by atoms with Crippen molar-refractivity contribution >= 4 is 33.1 Å². The first-order valence-corrected chi connectivity index (χ1v) is 15.6. The number of likely N-dealkylation sites (tertiary alicyclic amines) is 1. The van der Waals surface area contributed by atoms with Gasteiger partial charge in [-0.3, -0.25) is 14.6 Å². The number of carbonyl (C=O) groups excluding carboxylic acids is 2. The standard InChI is InChI=1S/C31H28FN3O5S.O2S/c1-21-2-8-25(9-3-21)40-26-14-16-35(17-15-26)31(37)23-5-12-28(33-20-23)29(36)18-22-4-13-30(34-19-22)41(38,39)27-10-6-24(32)7-11-27;1-3-2/h2-13,19-20,26H,14-18H2,1H3;. The molecule has 2 aromatic carbocycles. The van der Waals surface area contributed by atoms with Gasteiger partial charge < -0.3 is 9.64 Å². The average Bonchev–Trinajstić information content (AvgIpc) is 3.03. The van der Waals surface area contributed by atoms with Crippen LogP contribution in [0.4, 0.5) is 4.39 Å². The van der Waals surface area contributed by atoms with Crippen LogP contribution in [0.2, 0.25) is 0 Å². The van der Waals surface area contributed by atoms with E-state index in [0.717, 1.165) is 30.7 Å². The minimum Gasteiger partial charge on any atom is -0.490 e. The second-order valence-corrected chi connectivity index (χ2v) is 12.0. The highest BCUT2D eigenvalue weighted by Crippen LogP contribution is 2.22. The van der Waals surface area contributed by atoms with Crippen molar-refractivity contribution < 1.29 is 35.6 Å². The predicted octanol–water partition coefficient (Wildman–Crippen LogP) is 4.20. The Hall–Kier alpha value is -4.62. The predicted molar refractivity (Wildman–Crippen MR) is 158 cm³/mol. The molecular weight excluding hydrogens is 609 g/mol. The van der Waals surface area contributed by atoms with E-state index in [4.69, 9.17) is 13.2 Å². The van der Waals surface area contributed by atoms with Crippen LogP contribution < -0.4 is 4.74 Å². The van der Waals surface area contributed by atoms with Gasteiger partial charge in [0.25, 0.3) is 5.91 Å². The number of pyridine rings is 2. The Morgan fingerprint density at radius 2 is 1.57 bits per heavy atom. The van der Waals surface area contributed by atoms with Gasteiger partial charge in [0.2, 0.25) is 9.84 Å². The molecule has 13 heteroatoms. The third kappa shape index (κ3) is 8.26. The van der Waals surface area contributed by atoms with E-state index in [-0.39, 0.29) is 39.8 Å². The molecule has 5 rings (SSSR count). The maximum Gasteiger partial charge on any atom is 0.335 e. The number of Topliss-reactive ketones (excluding diaryl/α,β-unsaturated/α-hetero) is 1. The van der Waals surface area contributed by atoms with Gasteiger partial charge in [0.05, 0.1) is 10.5 Å². The van der Waals surface area contributed by atoms with Crippen LogP contribution in [-0.4, -0.2) is 62.6 Å². The summed E-state index contributed by atoms with van der Waals surface area (Å²) >= 11 is -0.750. The quantitative estimate of drug-likeness (QED) is 0.205. The molecule has 0 spiro atoms. The van der Waals surface area contributed by atoms with Gasteiger partial charge in [0, 0.05) is 44.7 Å². The summed E-state index contributed by atoms with van der Waals surface area (Å²) in [6.45, 7) is 3.16. The lowest BCUT2D eigenvalue weighted by molar-refractivity contribution is 0.0594. The number of rotatable bonds is 8. The molecule has 3 heterocycles. The van der Waals surface area contributed by atoms with E-state index in [1.54, 1.807) is 11.0 Å². The number of nitrogens with zero attached hydrogens (tertiary/aromatic N) is 3. The van der Waals surface area contributed by atoms with E-state index in [9.17, 15) is 22.4 Å². The van der Waals surface area contributed by atoms with Crippen molar-refractivity contribution in [2.75, 3.05) is 13.1 Å². The number of amides is 1. The zero-order chi connectivity index (χ0) is 31.7. The number of halogens is 1. The molecule has 0 bridgehead atoms. The van der Waals surface area contributed by atoms with Gasteiger partial charge >= 0.3 is 11.6 Å². The molecule has 0 saturated carbocycles. The maximum absolute atomic E-state index is 13.2. The van der Waals surface area contributed by atoms with Crippen molar-refractivity contribution in [2.24, 2.45) is 0 Å². The summed E-state index contributed by atoms with van der Waals surface area (Å²) in [7, 11) is -3.91. The van der Waals surface area contributed by atoms with E-state index < -0.39 is 27.2 Å². The second-order valence-electron chi connectivity index (χ2n) is 9.98. The maximum atomic E-state index is 13.2. The van der Waals surface area contributed by atoms with Gasteiger partial charge in [-0.1, -0.05) is 23.8 Å². The van der Waals surface area contributed by atoms with Crippen LogP contribution in [0.25, 0.3) is 0 Å². The zero-order valence-corrected chi connectivity index (χ0v) is 25.2. The fourth-order valence-electron chi connectivity index (χ4n) is 4.54. The van der Waals surface area contributed by atoms with Crippen LogP contribution in [0.1, 0.15) is 44.8 Å². The van der Waals surface area contributed by atoms with Crippen molar-refractivity contribution in [2.45, 2.75) is 42.2 Å². The molecule has 228 valence electrons. The van der Waals surface area contributed by atoms with Crippen molar-refractivity contribution in [3.05, 3.63) is 113 Å². The van der Waals surface area contributed by atoms with E-state index in [1.807, 2.05) is 31.2 Å². The third-order valence-corrected chi connectivity index (χ3v) is 8.60. The highest BCUT2D eigenvalue weighted by Gasteiger charge is 2.25. The minimum atomic E-state index is -3.91. The van der Waals surface area contributed by atoms with Gasteiger partial charge in [-0.05, 0) is 67.1 Å². The topological polar surface area (TPSA) is 141 Å². The SMILES string of the molecule is Cc1ccc(OC2CCN(C(=O)c3ccc(C(=O)Cc4ccc(S(=O)(=O)c5ccc(F)cc5)nc4)nc3)CC2)cc1.O=S=O. The van der Waals surface area contributed by atoms with E-state index in [0.29, 0.717) is 24.2 Å². The number of aromatic nitrogens is 2. The first-order chi connectivity index (χ1) is 21.1. The van der Waals surface area contributed by atoms with Gasteiger partial charge in [0.1, 0.15) is 23.4 Å². The van der Waals surface area contributed by atoms with Crippen LogP contribution >= 0.6 is 0 Å². The number of ketones is 1. The number of ether oxygens (including phenoxy) is 1. The monoisotopic (exact) mass is 637 g/mol. The number of sulfone groups is 1. The van der Waals surface area contributed by atoms with Gasteiger partial charge in [0.15, 0.2) is 10.8 Å². The molecule has 0 atom stereocenters. The van der Waals surface area contributed by atoms with E-state index in [2.05, 4.69) is 9.97 Å². The summed E-state index contributed by atoms with van der Waals surface area (Å²) in [5.74, 6) is -0.158. The molecule has 4 aromatic rings. The number of piperidine rings is 1. The van der Waals surface area contributed by atoms with Crippen LogP contribution in [0, 0.1) is 12.7 Å². The average molecular weight is 638 g/mol. The largest absolute Gasteiger partial charge is 0.490 e. The molecule has 0 aliphatic carbocycles. The lowest BCUT2D eigenvalue weighted by Gasteiger charge is -2.32. The van der Waals surface area contributed by atoms with Crippen LogP contribution in [0.3, 0.4) is 0 Å². The van der Waals surface area contributed by atoms with Gasteiger partial charge in [-0.25, -0.2) is 17.8 Å². The summed E-state index contributed by atoms with van der Waals surface area (Å²) < 4.78 is 61.2. The summed E-state index contributed by atoms with van der Waals surface area (Å²) in [6.07, 6.45) is 4.17. The Bertz CT molecular complexity index is 1730. The molecule has 0 N–H and O–H groups in total. The Balaban J connectivity index is 0.00000141. The second kappa shape index (κ2) is 14.7. The molecule has 1 saturated heterocycles. The minimum absolute atomic E-state index is 0.0430. The van der Waals surface area contributed by atoms with Crippen LogP contribution in [-0.2, 0) is 27.8 Å². The Morgan fingerprint density at radius 1 is 0.909 bits per heavy atom. The van der Waals surface area contributed by atoms with E-state index >= 15 is 0 Å². The molecule has 1 aliphatic rings. The van der Waals surface area contributed by atoms with Crippen molar-refractivity contribution in [1.82, 2.24) is 14.9 Å². The van der Waals surface area contributed by atoms with Crippen molar-refractivity contribution in [3.63, 3.8) is 0 Å². The highest BCUT2D eigenvalue weighted by atomic mass is 32.2. The van der Waals surface area contributed by atoms with Gasteiger partial charge in [-0.2, -0.15) is 8.42 Å². The summed E-state index contributed by atoms with van der Waals surface area (Å²) in [5, 5.41) is -0.202. The first-order valence-electron chi connectivity index (χ1n) is 13.5. The fraction of sp³-hybridized carbons (Fsp3) is 0.226. The zero-order valence-electron chi connectivity index (χ0n) is 23.6. The molecule has 44 heavy (non-hydrogen) atoms. The Kier molecular flexibility index (Phi) is 10.8. The molecule has 1 fully saturated rings. The summed E-state index contributed by atoms with van der Waals surface area (Å²) in [6, 6.07) is 18.3. The van der Waals surface area contributed by atoms with E-state index in [1.165, 1.54) is 48.3 Å². The molecule has 0 unspecified atom stereocenters. The summed E-state index contributed by atoms with van der Waals surface area (Å²) in [4.78, 5) is 35.7. The van der Waals surface area contributed by atoms with Crippen LogP contribution in [0.15, 0.2) is 95.1 Å². The van der Waals surface area contributed by atoms with Crippen LogP contribution in [0.5, 0.6) is 5.75 Å². The lowest BCUT2D eigenvalue weighted by Crippen LogP contribution is -2.41. The number of benzene rings is 2. The number of carbonyl (C=O) groups is 2. The van der Waals surface area contributed by atoms with Crippen molar-refractivity contribution in [1.29, 1.82) is 0 Å². The molecule has 1 amide bonds. The molecule has 1 aliphatic heterocycles. The van der Waals surface area contributed by atoms with Crippen molar-refractivity contribution in [3.8, 4) is 5.75 Å². The molecule has 0 radical (unpaired) electrons. The third-order valence-electron chi connectivity index (χ3n) is 6.91.